The second-order valence-corrected chi connectivity index (χ2v) is 6.45. The summed E-state index contributed by atoms with van der Waals surface area (Å²) in [5, 5.41) is 2.66. The molecule has 0 unspecified atom stereocenters. The second-order valence-electron chi connectivity index (χ2n) is 6.45. The normalized spacial score (nSPS) is 11.4. The van der Waals surface area contributed by atoms with Crippen molar-refractivity contribution in [2.24, 2.45) is 0 Å². The fourth-order valence-corrected chi connectivity index (χ4v) is 2.89. The van der Waals surface area contributed by atoms with E-state index in [-0.39, 0.29) is 17.9 Å². The highest BCUT2D eigenvalue weighted by Crippen LogP contribution is 2.30. The van der Waals surface area contributed by atoms with Gasteiger partial charge in [0.1, 0.15) is 5.69 Å². The highest BCUT2D eigenvalue weighted by Gasteiger charge is 2.26. The summed E-state index contributed by atoms with van der Waals surface area (Å²) in [6, 6.07) is 4.88. The van der Waals surface area contributed by atoms with Crippen LogP contribution < -0.4 is 14.8 Å². The lowest BCUT2D eigenvalue weighted by molar-refractivity contribution is -0.123. The topological polar surface area (TPSA) is 116 Å². The molecule has 2 N–H and O–H groups in total. The molecule has 30 heavy (non-hydrogen) atoms. The van der Waals surface area contributed by atoms with Crippen LogP contribution in [0, 0.1) is 13.8 Å². The molecule has 0 aliphatic heterocycles. The lowest BCUT2D eigenvalue weighted by atomic mass is 10.1. The summed E-state index contributed by atoms with van der Waals surface area (Å²) in [7, 11) is 3.00. The molecule has 0 spiro atoms. The number of aryl methyl sites for hydroxylation is 1. The number of anilines is 1. The zero-order chi connectivity index (χ0) is 22.4. The van der Waals surface area contributed by atoms with Crippen molar-refractivity contribution in [1.29, 1.82) is 0 Å². The van der Waals surface area contributed by atoms with E-state index >= 15 is 0 Å². The van der Waals surface area contributed by atoms with Gasteiger partial charge in [0.25, 0.3) is 5.91 Å². The van der Waals surface area contributed by atoms with Crippen molar-refractivity contribution in [3.8, 4) is 11.5 Å². The summed E-state index contributed by atoms with van der Waals surface area (Å²) in [4.78, 5) is 39.9. The SMILES string of the molecule is CCOC(=O)c1[nH]c(C)c(C(=O)O[C@@H](C)C(=O)Nc2ccc(OC)c(OC)c2)c1C. The first-order valence-electron chi connectivity index (χ1n) is 9.33. The number of methoxy groups -OCH3 is 2. The largest absolute Gasteiger partial charge is 0.493 e. The first kappa shape index (κ1) is 22.8. The van der Waals surface area contributed by atoms with E-state index in [1.807, 2.05) is 0 Å². The number of carbonyl (C=O) groups excluding carboxylic acids is 3. The Morgan fingerprint density at radius 1 is 1.07 bits per heavy atom. The van der Waals surface area contributed by atoms with Crippen LogP contribution in [0.1, 0.15) is 46.0 Å². The summed E-state index contributed by atoms with van der Waals surface area (Å²) >= 11 is 0. The van der Waals surface area contributed by atoms with Crippen molar-refractivity contribution in [3.05, 3.63) is 40.7 Å². The van der Waals surface area contributed by atoms with Crippen molar-refractivity contribution in [2.45, 2.75) is 33.8 Å². The van der Waals surface area contributed by atoms with Crippen molar-refractivity contribution >= 4 is 23.5 Å². The Balaban J connectivity index is 2.10. The number of ether oxygens (including phenoxy) is 4. The fraction of sp³-hybridized carbons (Fsp3) is 0.381. The molecule has 0 radical (unpaired) electrons. The van der Waals surface area contributed by atoms with E-state index in [4.69, 9.17) is 18.9 Å². The van der Waals surface area contributed by atoms with Crippen LogP contribution in [0.25, 0.3) is 0 Å². The van der Waals surface area contributed by atoms with Gasteiger partial charge in [0.2, 0.25) is 0 Å². The third kappa shape index (κ3) is 4.91. The van der Waals surface area contributed by atoms with Crippen LogP contribution in [-0.2, 0) is 14.3 Å². The minimum absolute atomic E-state index is 0.184. The number of rotatable bonds is 8. The number of hydrogen-bond acceptors (Lipinski definition) is 7. The van der Waals surface area contributed by atoms with Crippen LogP contribution in [0.3, 0.4) is 0 Å². The summed E-state index contributed by atoms with van der Waals surface area (Å²) in [6.45, 7) is 6.61. The zero-order valence-corrected chi connectivity index (χ0v) is 17.9. The molecule has 0 saturated carbocycles. The second kappa shape index (κ2) is 9.82. The Morgan fingerprint density at radius 2 is 1.73 bits per heavy atom. The van der Waals surface area contributed by atoms with Crippen LogP contribution >= 0.6 is 0 Å². The maximum absolute atomic E-state index is 12.6. The van der Waals surface area contributed by atoms with Crippen LogP contribution in [-0.4, -0.2) is 49.8 Å². The molecule has 9 nitrogen and oxygen atoms in total. The molecule has 1 aromatic carbocycles. The van der Waals surface area contributed by atoms with Crippen molar-refractivity contribution < 1.29 is 33.3 Å². The Kier molecular flexibility index (Phi) is 7.46. The predicted octanol–water partition coefficient (Wildman–Crippen LogP) is 3.01. The van der Waals surface area contributed by atoms with E-state index < -0.39 is 23.9 Å². The molecule has 0 bridgehead atoms. The van der Waals surface area contributed by atoms with Gasteiger partial charge in [0.15, 0.2) is 17.6 Å². The Morgan fingerprint density at radius 3 is 2.33 bits per heavy atom. The van der Waals surface area contributed by atoms with Gasteiger partial charge in [-0.1, -0.05) is 0 Å². The van der Waals surface area contributed by atoms with Gasteiger partial charge in [-0.25, -0.2) is 9.59 Å². The molecule has 1 atom stereocenters. The highest BCUT2D eigenvalue weighted by atomic mass is 16.5. The average molecular weight is 418 g/mol. The summed E-state index contributed by atoms with van der Waals surface area (Å²) < 4.78 is 20.6. The van der Waals surface area contributed by atoms with E-state index in [1.54, 1.807) is 39.0 Å². The number of aromatic nitrogens is 1. The molecule has 0 saturated heterocycles. The predicted molar refractivity (Wildman–Crippen MR) is 109 cm³/mol. The molecule has 2 aromatic rings. The summed E-state index contributed by atoms with van der Waals surface area (Å²) in [6.07, 6.45) is -1.08. The molecule has 0 aliphatic carbocycles. The van der Waals surface area contributed by atoms with Gasteiger partial charge >= 0.3 is 11.9 Å². The molecular weight excluding hydrogens is 392 g/mol. The van der Waals surface area contributed by atoms with Gasteiger partial charge in [-0.2, -0.15) is 0 Å². The van der Waals surface area contributed by atoms with Crippen molar-refractivity contribution in [3.63, 3.8) is 0 Å². The van der Waals surface area contributed by atoms with E-state index in [2.05, 4.69) is 10.3 Å². The molecule has 1 amide bonds. The van der Waals surface area contributed by atoms with Gasteiger partial charge in [-0.15, -0.1) is 0 Å². The minimum atomic E-state index is -1.08. The first-order valence-corrected chi connectivity index (χ1v) is 9.33. The average Bonchev–Trinajstić information content (AvgIpc) is 3.02. The molecule has 2 rings (SSSR count). The molecule has 1 heterocycles. The monoisotopic (exact) mass is 418 g/mol. The molecule has 0 aliphatic rings. The number of hydrogen-bond donors (Lipinski definition) is 2. The number of H-pyrrole nitrogens is 1. The Hall–Kier alpha value is -3.49. The van der Waals surface area contributed by atoms with Gasteiger partial charge in [0.05, 0.1) is 26.4 Å². The minimum Gasteiger partial charge on any atom is -0.493 e. The maximum Gasteiger partial charge on any atom is 0.355 e. The van der Waals surface area contributed by atoms with E-state index in [0.717, 1.165) is 0 Å². The molecular formula is C21H26N2O7. The third-order valence-electron chi connectivity index (χ3n) is 4.43. The van der Waals surface area contributed by atoms with E-state index in [0.29, 0.717) is 28.4 Å². The number of amides is 1. The van der Waals surface area contributed by atoms with Crippen LogP contribution in [0.15, 0.2) is 18.2 Å². The number of aromatic amines is 1. The van der Waals surface area contributed by atoms with E-state index in [9.17, 15) is 14.4 Å². The lowest BCUT2D eigenvalue weighted by Gasteiger charge is -2.15. The van der Waals surface area contributed by atoms with Crippen LogP contribution in [0.4, 0.5) is 5.69 Å². The molecule has 1 aromatic heterocycles. The van der Waals surface area contributed by atoms with Gasteiger partial charge in [-0.05, 0) is 45.4 Å². The third-order valence-corrected chi connectivity index (χ3v) is 4.43. The number of carbonyl (C=O) groups is 3. The van der Waals surface area contributed by atoms with Crippen molar-refractivity contribution in [1.82, 2.24) is 4.98 Å². The summed E-state index contributed by atoms with van der Waals surface area (Å²) in [5.74, 6) is -0.828. The first-order chi connectivity index (χ1) is 14.2. The van der Waals surface area contributed by atoms with Crippen LogP contribution in [0.2, 0.25) is 0 Å². The lowest BCUT2D eigenvalue weighted by Crippen LogP contribution is -2.30. The Labute approximate surface area is 174 Å². The number of esters is 2. The van der Waals surface area contributed by atoms with Gasteiger partial charge < -0.3 is 29.2 Å². The molecule has 162 valence electrons. The quantitative estimate of drug-likeness (QED) is 0.633. The van der Waals surface area contributed by atoms with Gasteiger partial charge in [0, 0.05) is 17.4 Å². The molecule has 9 heteroatoms. The Bertz CT molecular complexity index is 949. The summed E-state index contributed by atoms with van der Waals surface area (Å²) in [5.41, 5.74) is 1.70. The molecule has 0 fully saturated rings. The fourth-order valence-electron chi connectivity index (χ4n) is 2.89. The van der Waals surface area contributed by atoms with Gasteiger partial charge in [-0.3, -0.25) is 4.79 Å². The van der Waals surface area contributed by atoms with Crippen molar-refractivity contribution in [2.75, 3.05) is 26.1 Å². The number of benzene rings is 1. The maximum atomic E-state index is 12.6. The smallest absolute Gasteiger partial charge is 0.355 e. The van der Waals surface area contributed by atoms with Crippen LogP contribution in [0.5, 0.6) is 11.5 Å². The highest BCUT2D eigenvalue weighted by molar-refractivity contribution is 6.01. The number of nitrogens with one attached hydrogen (secondary N) is 2. The standard InChI is InChI=1S/C21H26N2O7/c1-7-29-21(26)18-11(2)17(12(3)22-18)20(25)30-13(4)19(24)23-14-8-9-15(27-5)16(10-14)28-6/h8-10,13,22H,7H2,1-6H3,(H,23,24)/t13-/m0/s1. The zero-order valence-electron chi connectivity index (χ0n) is 17.9. The van der Waals surface area contributed by atoms with E-state index in [1.165, 1.54) is 21.1 Å².